The Morgan fingerprint density at radius 3 is 2.58 bits per heavy atom. The normalized spacial score (nSPS) is 20.8. The molecule has 4 heteroatoms. The van der Waals surface area contributed by atoms with Crippen molar-refractivity contribution in [1.29, 1.82) is 0 Å². The average Bonchev–Trinajstić information content (AvgIpc) is 2.78. The van der Waals surface area contributed by atoms with Crippen molar-refractivity contribution < 1.29 is 4.79 Å². The first kappa shape index (κ1) is 14.1. The molecule has 1 aliphatic rings. The molecule has 0 aliphatic carbocycles. The summed E-state index contributed by atoms with van der Waals surface area (Å²) in [6, 6.07) is 8.27. The quantitative estimate of drug-likeness (QED) is 0.891. The third kappa shape index (κ3) is 3.83. The van der Waals surface area contributed by atoms with Gasteiger partial charge in [-0.05, 0) is 37.0 Å². The number of aryl methyl sites for hydroxylation is 1. The van der Waals surface area contributed by atoms with E-state index in [4.69, 9.17) is 0 Å². The first-order valence-corrected chi connectivity index (χ1v) is 7.76. The van der Waals surface area contributed by atoms with Gasteiger partial charge in [0.1, 0.15) is 0 Å². The number of rotatable bonds is 5. The summed E-state index contributed by atoms with van der Waals surface area (Å²) in [5.74, 6) is 0.0748. The van der Waals surface area contributed by atoms with Crippen molar-refractivity contribution >= 4 is 28.5 Å². The molecule has 19 heavy (non-hydrogen) atoms. The molecule has 1 N–H and O–H groups in total. The molecule has 0 unspecified atom stereocenters. The largest absolute Gasteiger partial charge is 0.304 e. The van der Waals surface area contributed by atoms with Crippen LogP contribution in [-0.4, -0.2) is 16.3 Å². The molecule has 0 spiro atoms. The second kappa shape index (κ2) is 6.75. The van der Waals surface area contributed by atoms with Crippen molar-refractivity contribution in [3.8, 4) is 0 Å². The van der Waals surface area contributed by atoms with Crippen LogP contribution in [0.5, 0.6) is 0 Å². The van der Waals surface area contributed by atoms with E-state index >= 15 is 0 Å². The minimum Gasteiger partial charge on any atom is -0.304 e. The summed E-state index contributed by atoms with van der Waals surface area (Å²) in [5.41, 5.74) is 2.25. The molecule has 0 aromatic heterocycles. The van der Waals surface area contributed by atoms with Crippen LogP contribution in [0.4, 0.5) is 5.69 Å². The predicted molar refractivity (Wildman–Crippen MR) is 82.0 cm³/mol. The molecule has 3 nitrogen and oxygen atoms in total. The first-order valence-electron chi connectivity index (χ1n) is 6.88. The Labute approximate surface area is 118 Å². The van der Waals surface area contributed by atoms with E-state index in [-0.39, 0.29) is 11.2 Å². The predicted octanol–water partition coefficient (Wildman–Crippen LogP) is 3.66. The molecule has 1 aliphatic heterocycles. The van der Waals surface area contributed by atoms with Gasteiger partial charge in [-0.2, -0.15) is 0 Å². The maximum absolute atomic E-state index is 11.6. The van der Waals surface area contributed by atoms with Crippen molar-refractivity contribution in [2.45, 2.75) is 44.8 Å². The SMILES string of the molecule is CCCCc1ccc(N=C2NC(=O)[C@H](CC)S2)cc1. The molecule has 1 atom stereocenters. The minimum absolute atomic E-state index is 0.0163. The minimum atomic E-state index is 0.0163. The van der Waals surface area contributed by atoms with E-state index in [2.05, 4.69) is 29.4 Å². The molecule has 1 aromatic rings. The highest BCUT2D eigenvalue weighted by atomic mass is 32.2. The lowest BCUT2D eigenvalue weighted by molar-refractivity contribution is -0.118. The monoisotopic (exact) mass is 276 g/mol. The molecular weight excluding hydrogens is 256 g/mol. The number of benzene rings is 1. The number of nitrogens with one attached hydrogen (secondary N) is 1. The molecule has 1 fully saturated rings. The Bertz CT molecular complexity index is 468. The number of hydrogen-bond donors (Lipinski definition) is 1. The molecular formula is C15H20N2OS. The number of amidine groups is 1. The molecule has 0 saturated carbocycles. The van der Waals surface area contributed by atoms with Crippen LogP contribution in [0.15, 0.2) is 29.3 Å². The van der Waals surface area contributed by atoms with Crippen LogP contribution in [0.2, 0.25) is 0 Å². The Morgan fingerprint density at radius 1 is 1.26 bits per heavy atom. The van der Waals surface area contributed by atoms with Crippen LogP contribution in [0, 0.1) is 0 Å². The highest BCUT2D eigenvalue weighted by Crippen LogP contribution is 2.25. The third-order valence-corrected chi connectivity index (χ3v) is 4.38. The summed E-state index contributed by atoms with van der Waals surface area (Å²) >= 11 is 1.52. The van der Waals surface area contributed by atoms with Crippen LogP contribution < -0.4 is 5.32 Å². The topological polar surface area (TPSA) is 41.5 Å². The highest BCUT2D eigenvalue weighted by Gasteiger charge is 2.28. The second-order valence-electron chi connectivity index (χ2n) is 4.69. The van der Waals surface area contributed by atoms with E-state index in [9.17, 15) is 4.79 Å². The van der Waals surface area contributed by atoms with E-state index in [0.29, 0.717) is 0 Å². The van der Waals surface area contributed by atoms with E-state index in [0.717, 1.165) is 23.7 Å². The lowest BCUT2D eigenvalue weighted by Gasteiger charge is -2.01. The molecule has 0 radical (unpaired) electrons. The van der Waals surface area contributed by atoms with Crippen molar-refractivity contribution in [1.82, 2.24) is 5.32 Å². The van der Waals surface area contributed by atoms with Crippen LogP contribution in [0.3, 0.4) is 0 Å². The van der Waals surface area contributed by atoms with Crippen molar-refractivity contribution in [2.24, 2.45) is 4.99 Å². The number of unbranched alkanes of at least 4 members (excludes halogenated alkanes) is 1. The van der Waals surface area contributed by atoms with Gasteiger partial charge in [0.15, 0.2) is 5.17 Å². The van der Waals surface area contributed by atoms with E-state index in [1.807, 2.05) is 19.1 Å². The zero-order chi connectivity index (χ0) is 13.7. The molecule has 1 saturated heterocycles. The summed E-state index contributed by atoms with van der Waals surface area (Å²) in [6.45, 7) is 4.22. The lowest BCUT2D eigenvalue weighted by atomic mass is 10.1. The van der Waals surface area contributed by atoms with Crippen molar-refractivity contribution in [3.63, 3.8) is 0 Å². The number of carbonyl (C=O) groups is 1. The van der Waals surface area contributed by atoms with Crippen LogP contribution >= 0.6 is 11.8 Å². The van der Waals surface area contributed by atoms with E-state index < -0.39 is 0 Å². The molecule has 0 bridgehead atoms. The number of amides is 1. The molecule has 2 rings (SSSR count). The zero-order valence-corrected chi connectivity index (χ0v) is 12.3. The number of nitrogens with zero attached hydrogens (tertiary/aromatic N) is 1. The Morgan fingerprint density at radius 2 is 2.00 bits per heavy atom. The van der Waals surface area contributed by atoms with Gasteiger partial charge in [-0.15, -0.1) is 0 Å². The summed E-state index contributed by atoms with van der Waals surface area (Å²) in [4.78, 5) is 16.0. The zero-order valence-electron chi connectivity index (χ0n) is 11.5. The third-order valence-electron chi connectivity index (χ3n) is 3.13. The maximum atomic E-state index is 11.6. The van der Waals surface area contributed by atoms with Crippen molar-refractivity contribution in [3.05, 3.63) is 29.8 Å². The van der Waals surface area contributed by atoms with E-state index in [1.165, 1.54) is 30.2 Å². The highest BCUT2D eigenvalue weighted by molar-refractivity contribution is 8.15. The lowest BCUT2D eigenvalue weighted by Crippen LogP contribution is -2.24. The summed E-state index contributed by atoms with van der Waals surface area (Å²) in [7, 11) is 0. The van der Waals surface area contributed by atoms with Gasteiger partial charge >= 0.3 is 0 Å². The first-order chi connectivity index (χ1) is 9.22. The fourth-order valence-corrected chi connectivity index (χ4v) is 2.88. The standard InChI is InChI=1S/C15H20N2OS/c1-3-5-6-11-7-9-12(10-8-11)16-15-17-14(18)13(4-2)19-15/h7-10,13H,3-6H2,1-2H3,(H,16,17,18)/t13-/m0/s1. The number of hydrogen-bond acceptors (Lipinski definition) is 3. The van der Waals surface area contributed by atoms with Gasteiger partial charge in [0.05, 0.1) is 10.9 Å². The van der Waals surface area contributed by atoms with E-state index in [1.54, 1.807) is 0 Å². The summed E-state index contributed by atoms with van der Waals surface area (Å²) in [6.07, 6.45) is 4.39. The number of aliphatic imine (C=N–C) groups is 1. The van der Waals surface area contributed by atoms with Crippen LogP contribution in [0.25, 0.3) is 0 Å². The smallest absolute Gasteiger partial charge is 0.239 e. The van der Waals surface area contributed by atoms with Gasteiger partial charge in [0.25, 0.3) is 0 Å². The van der Waals surface area contributed by atoms with Crippen LogP contribution in [0.1, 0.15) is 38.7 Å². The van der Waals surface area contributed by atoms with Gasteiger partial charge in [-0.3, -0.25) is 4.79 Å². The molecule has 1 heterocycles. The number of thioether (sulfide) groups is 1. The van der Waals surface area contributed by atoms with Gasteiger partial charge < -0.3 is 5.32 Å². The fourth-order valence-electron chi connectivity index (χ4n) is 1.96. The Balaban J connectivity index is 2.01. The summed E-state index contributed by atoms with van der Waals surface area (Å²) < 4.78 is 0. The molecule has 1 amide bonds. The molecule has 102 valence electrons. The second-order valence-corrected chi connectivity index (χ2v) is 5.88. The van der Waals surface area contributed by atoms with Gasteiger partial charge in [-0.25, -0.2) is 4.99 Å². The summed E-state index contributed by atoms with van der Waals surface area (Å²) in [5, 5.41) is 3.56. The fraction of sp³-hybridized carbons (Fsp3) is 0.467. The molecule has 1 aromatic carbocycles. The van der Waals surface area contributed by atoms with Gasteiger partial charge in [0, 0.05) is 0 Å². The van der Waals surface area contributed by atoms with Gasteiger partial charge in [0.2, 0.25) is 5.91 Å². The van der Waals surface area contributed by atoms with Crippen molar-refractivity contribution in [2.75, 3.05) is 0 Å². The number of carbonyl (C=O) groups excluding carboxylic acids is 1. The van der Waals surface area contributed by atoms with Gasteiger partial charge in [-0.1, -0.05) is 44.2 Å². The van der Waals surface area contributed by atoms with Crippen LogP contribution in [-0.2, 0) is 11.2 Å². The Kier molecular flexibility index (Phi) is 5.02. The maximum Gasteiger partial charge on any atom is 0.239 e. The Hall–Kier alpha value is -1.29. The average molecular weight is 276 g/mol.